The molecule has 3 aromatic rings. The van der Waals surface area contributed by atoms with E-state index in [1.165, 1.54) is 30.7 Å². The average Bonchev–Trinajstić information content (AvgIpc) is 2.95. The van der Waals surface area contributed by atoms with Crippen LogP contribution in [0.5, 0.6) is 0 Å². The molecule has 1 aliphatic carbocycles. The predicted octanol–water partition coefficient (Wildman–Crippen LogP) is 6.35. The van der Waals surface area contributed by atoms with Crippen LogP contribution in [0.25, 0.3) is 0 Å². The molecule has 3 atom stereocenters. The Hall–Kier alpha value is -3.12. The minimum atomic E-state index is -4.43. The molecule has 0 spiro atoms. The van der Waals surface area contributed by atoms with E-state index in [0.717, 1.165) is 44.5 Å². The molecule has 1 saturated heterocycles. The smallest absolute Gasteiger partial charge is 0.378 e. The zero-order chi connectivity index (χ0) is 29.2. The summed E-state index contributed by atoms with van der Waals surface area (Å²) in [5, 5.41) is 3.12. The van der Waals surface area contributed by atoms with Crippen molar-refractivity contribution in [2.75, 3.05) is 18.4 Å². The van der Waals surface area contributed by atoms with Crippen molar-refractivity contribution in [1.82, 2.24) is 14.9 Å². The summed E-state index contributed by atoms with van der Waals surface area (Å²) in [5.41, 5.74) is -0.0512. The highest BCUT2D eigenvalue weighted by molar-refractivity contribution is 7.90. The molecule has 0 radical (unpaired) electrons. The standard InChI is InChI=1S/C29H31F5N4O2S/c30-23-16-28(41(39,40)17-22-9-10-35-18-36-22)24(31)15-26(23)37-25-8-7-20(14-27(25)38-11-2-1-3-12-38)19-5-4-6-21(13-19)29(32,33)34/h4-6,9-10,13,15-16,18,20,25,27,37H,1-3,7-8,11-12,14,17H2/t20-,25-,27-/m0/s1. The number of aromatic nitrogens is 2. The zero-order valence-electron chi connectivity index (χ0n) is 22.2. The summed E-state index contributed by atoms with van der Waals surface area (Å²) in [4.78, 5) is 9.12. The van der Waals surface area contributed by atoms with E-state index in [0.29, 0.717) is 30.9 Å². The van der Waals surface area contributed by atoms with Crippen LogP contribution < -0.4 is 5.32 Å². The number of sulfone groups is 1. The number of nitrogens with one attached hydrogen (secondary N) is 1. The van der Waals surface area contributed by atoms with E-state index in [4.69, 9.17) is 0 Å². The molecule has 0 unspecified atom stereocenters. The quantitative estimate of drug-likeness (QED) is 0.322. The molecule has 0 amide bonds. The van der Waals surface area contributed by atoms with Gasteiger partial charge in [0.2, 0.25) is 0 Å². The van der Waals surface area contributed by atoms with Crippen molar-refractivity contribution in [3.05, 3.63) is 83.4 Å². The molecule has 12 heteroatoms. The fourth-order valence-electron chi connectivity index (χ4n) is 5.99. The number of alkyl halides is 3. The molecule has 1 N–H and O–H groups in total. The first-order valence-electron chi connectivity index (χ1n) is 13.7. The summed E-state index contributed by atoms with van der Waals surface area (Å²) in [7, 11) is -4.22. The van der Waals surface area contributed by atoms with Crippen molar-refractivity contribution in [2.45, 2.75) is 73.4 Å². The van der Waals surface area contributed by atoms with Gasteiger partial charge < -0.3 is 5.32 Å². The number of benzene rings is 2. The van der Waals surface area contributed by atoms with Gasteiger partial charge in [-0.3, -0.25) is 4.90 Å². The van der Waals surface area contributed by atoms with Crippen LogP contribution in [0.2, 0.25) is 0 Å². The maximum absolute atomic E-state index is 15.3. The van der Waals surface area contributed by atoms with E-state index in [1.807, 2.05) is 0 Å². The van der Waals surface area contributed by atoms with Crippen LogP contribution in [0.1, 0.15) is 61.3 Å². The highest BCUT2D eigenvalue weighted by Gasteiger charge is 2.37. The molecule has 2 fully saturated rings. The van der Waals surface area contributed by atoms with Crippen molar-refractivity contribution in [2.24, 2.45) is 0 Å². The van der Waals surface area contributed by atoms with E-state index in [-0.39, 0.29) is 29.4 Å². The van der Waals surface area contributed by atoms with Gasteiger partial charge in [0.15, 0.2) is 9.84 Å². The maximum Gasteiger partial charge on any atom is 0.416 e. The lowest BCUT2D eigenvalue weighted by atomic mass is 9.77. The van der Waals surface area contributed by atoms with Crippen LogP contribution >= 0.6 is 0 Å². The van der Waals surface area contributed by atoms with Crippen LogP contribution in [-0.2, 0) is 21.8 Å². The van der Waals surface area contributed by atoms with Crippen LogP contribution in [0.4, 0.5) is 27.6 Å². The number of likely N-dealkylation sites (tertiary alicyclic amines) is 1. The molecule has 5 rings (SSSR count). The van der Waals surface area contributed by atoms with Gasteiger partial charge in [0.05, 0.1) is 22.7 Å². The van der Waals surface area contributed by atoms with Crippen LogP contribution in [-0.4, -0.2) is 48.5 Å². The topological polar surface area (TPSA) is 75.2 Å². The monoisotopic (exact) mass is 594 g/mol. The average molecular weight is 595 g/mol. The van der Waals surface area contributed by atoms with Crippen LogP contribution in [0.15, 0.2) is 59.9 Å². The first kappa shape index (κ1) is 29.4. The lowest BCUT2D eigenvalue weighted by Gasteiger charge is -2.45. The van der Waals surface area contributed by atoms with E-state index >= 15 is 8.78 Å². The molecular formula is C29H31F5N4O2S. The van der Waals surface area contributed by atoms with Gasteiger partial charge in [-0.1, -0.05) is 24.6 Å². The molecule has 2 heterocycles. The molecular weight excluding hydrogens is 563 g/mol. The fourth-order valence-corrected chi connectivity index (χ4v) is 7.35. The Kier molecular flexibility index (Phi) is 8.60. The van der Waals surface area contributed by atoms with Crippen molar-refractivity contribution in [3.8, 4) is 0 Å². The highest BCUT2D eigenvalue weighted by atomic mass is 32.2. The number of piperidine rings is 1. The first-order valence-corrected chi connectivity index (χ1v) is 15.3. The van der Waals surface area contributed by atoms with Crippen LogP contribution in [0.3, 0.4) is 0 Å². The minimum absolute atomic E-state index is 0.113. The third kappa shape index (κ3) is 6.86. The van der Waals surface area contributed by atoms with Gasteiger partial charge in [-0.15, -0.1) is 0 Å². The molecule has 0 bridgehead atoms. The number of rotatable bonds is 7. The number of anilines is 1. The van der Waals surface area contributed by atoms with Crippen molar-refractivity contribution in [1.29, 1.82) is 0 Å². The Morgan fingerprint density at radius 3 is 2.46 bits per heavy atom. The molecule has 1 aliphatic heterocycles. The first-order chi connectivity index (χ1) is 19.5. The van der Waals surface area contributed by atoms with Crippen molar-refractivity contribution in [3.63, 3.8) is 0 Å². The minimum Gasteiger partial charge on any atom is -0.378 e. The summed E-state index contributed by atoms with van der Waals surface area (Å²) < 4.78 is 96.1. The third-order valence-electron chi connectivity index (χ3n) is 8.04. The van der Waals surface area contributed by atoms with E-state index in [2.05, 4.69) is 20.2 Å². The fraction of sp³-hybridized carbons (Fsp3) is 0.448. The Morgan fingerprint density at radius 1 is 0.976 bits per heavy atom. The SMILES string of the molecule is O=S(=O)(Cc1ccncn1)c1cc(F)c(N[C@H]2CC[C@H](c3cccc(C(F)(F)F)c3)C[C@@H]2N2CCCCC2)cc1F. The van der Waals surface area contributed by atoms with E-state index in [1.54, 1.807) is 6.07 Å². The highest BCUT2D eigenvalue weighted by Crippen LogP contribution is 2.40. The Bertz CT molecular complexity index is 1460. The predicted molar refractivity (Wildman–Crippen MR) is 144 cm³/mol. The second-order valence-electron chi connectivity index (χ2n) is 10.8. The molecule has 2 aromatic carbocycles. The lowest BCUT2D eigenvalue weighted by Crippen LogP contribution is -2.51. The van der Waals surface area contributed by atoms with Crippen molar-refractivity contribution < 1.29 is 30.4 Å². The number of hydrogen-bond acceptors (Lipinski definition) is 6. The third-order valence-corrected chi connectivity index (χ3v) is 9.70. The number of hydrogen-bond donors (Lipinski definition) is 1. The molecule has 1 aromatic heterocycles. The summed E-state index contributed by atoms with van der Waals surface area (Å²) in [6.07, 6.45) is 2.82. The van der Waals surface area contributed by atoms with Gasteiger partial charge in [-0.2, -0.15) is 13.2 Å². The summed E-state index contributed by atoms with van der Waals surface area (Å²) >= 11 is 0. The van der Waals surface area contributed by atoms with Gasteiger partial charge >= 0.3 is 6.18 Å². The number of halogens is 5. The van der Waals surface area contributed by atoms with Gasteiger partial charge in [0.25, 0.3) is 0 Å². The van der Waals surface area contributed by atoms with Gasteiger partial charge in [0.1, 0.15) is 22.9 Å². The Morgan fingerprint density at radius 2 is 1.76 bits per heavy atom. The molecule has 220 valence electrons. The second kappa shape index (κ2) is 12.0. The lowest BCUT2D eigenvalue weighted by molar-refractivity contribution is -0.137. The normalized spacial score (nSPS) is 22.4. The number of nitrogens with zero attached hydrogens (tertiary/aromatic N) is 3. The summed E-state index contributed by atoms with van der Waals surface area (Å²) in [6.45, 7) is 1.63. The Labute approximate surface area is 235 Å². The van der Waals surface area contributed by atoms with E-state index < -0.39 is 43.9 Å². The van der Waals surface area contributed by atoms with Gasteiger partial charge in [0, 0.05) is 24.3 Å². The molecule has 6 nitrogen and oxygen atoms in total. The largest absolute Gasteiger partial charge is 0.416 e. The maximum atomic E-state index is 15.3. The Balaban J connectivity index is 1.37. The second-order valence-corrected chi connectivity index (χ2v) is 12.7. The summed E-state index contributed by atoms with van der Waals surface area (Å²) in [5.74, 6) is -2.69. The molecule has 41 heavy (non-hydrogen) atoms. The van der Waals surface area contributed by atoms with Crippen LogP contribution in [0, 0.1) is 11.6 Å². The summed E-state index contributed by atoms with van der Waals surface area (Å²) in [6, 6.07) is 7.95. The molecule has 2 aliphatic rings. The molecule has 1 saturated carbocycles. The van der Waals surface area contributed by atoms with Gasteiger partial charge in [-0.25, -0.2) is 27.2 Å². The van der Waals surface area contributed by atoms with Gasteiger partial charge in [-0.05, 0) is 74.9 Å². The zero-order valence-corrected chi connectivity index (χ0v) is 23.1. The van der Waals surface area contributed by atoms with Crippen molar-refractivity contribution >= 4 is 15.5 Å². The van der Waals surface area contributed by atoms with E-state index in [9.17, 15) is 21.6 Å².